The highest BCUT2D eigenvalue weighted by Gasteiger charge is 2.36. The Labute approximate surface area is 110 Å². The second-order valence-electron chi connectivity index (χ2n) is 3.93. The number of rotatable bonds is 3. The van der Waals surface area contributed by atoms with E-state index in [0.717, 1.165) is 17.7 Å². The number of carbonyl (C=O) groups excluding carboxylic acids is 2. The van der Waals surface area contributed by atoms with Gasteiger partial charge in [0.25, 0.3) is 0 Å². The molecule has 1 saturated heterocycles. The molecule has 0 aliphatic carbocycles. The zero-order chi connectivity index (χ0) is 13.0. The van der Waals surface area contributed by atoms with Crippen LogP contribution < -0.4 is 0 Å². The number of ether oxygens (including phenoxy) is 1. The van der Waals surface area contributed by atoms with Crippen LogP contribution in [0.2, 0.25) is 0 Å². The first-order chi connectivity index (χ1) is 8.77. The lowest BCUT2D eigenvalue weighted by Crippen LogP contribution is -2.48. The Morgan fingerprint density at radius 3 is 3.06 bits per heavy atom. The average Bonchev–Trinajstić information content (AvgIpc) is 2.46. The average molecular weight is 266 g/mol. The van der Waals surface area contributed by atoms with E-state index in [4.69, 9.17) is 4.74 Å². The smallest absolute Gasteiger partial charge is 0.329 e. The lowest BCUT2D eigenvalue weighted by Gasteiger charge is -2.37. The fourth-order valence-corrected chi connectivity index (χ4v) is 3.25. The monoisotopic (exact) mass is 266 g/mol. The van der Waals surface area contributed by atoms with Gasteiger partial charge in [-0.15, -0.1) is 0 Å². The predicted molar refractivity (Wildman–Crippen MR) is 68.0 cm³/mol. The van der Waals surface area contributed by atoms with Crippen molar-refractivity contribution >= 4 is 24.1 Å². The minimum Gasteiger partial charge on any atom is -0.467 e. The predicted octanol–water partition coefficient (Wildman–Crippen LogP) is 0.869. The van der Waals surface area contributed by atoms with Gasteiger partial charge in [-0.05, 0) is 11.6 Å². The van der Waals surface area contributed by atoms with Gasteiger partial charge in [0.1, 0.15) is 6.04 Å². The zero-order valence-corrected chi connectivity index (χ0v) is 10.8. The fourth-order valence-electron chi connectivity index (χ4n) is 1.99. The van der Waals surface area contributed by atoms with Crippen molar-refractivity contribution in [3.8, 4) is 0 Å². The van der Waals surface area contributed by atoms with Crippen LogP contribution >= 0.6 is 11.8 Å². The maximum Gasteiger partial charge on any atom is 0.329 e. The molecule has 2 rings (SSSR count). The Morgan fingerprint density at radius 1 is 1.61 bits per heavy atom. The maximum atomic E-state index is 11.7. The quantitative estimate of drug-likeness (QED) is 0.600. The molecule has 1 aromatic rings. The molecular weight excluding hydrogens is 252 g/mol. The van der Waals surface area contributed by atoms with Crippen LogP contribution in [0.3, 0.4) is 0 Å². The number of pyridine rings is 1. The largest absolute Gasteiger partial charge is 0.467 e. The molecule has 1 aromatic heterocycles. The number of esters is 1. The Hall–Kier alpha value is -1.56. The van der Waals surface area contributed by atoms with Crippen molar-refractivity contribution in [2.75, 3.05) is 18.6 Å². The third-order valence-corrected chi connectivity index (χ3v) is 4.04. The summed E-state index contributed by atoms with van der Waals surface area (Å²) in [5.74, 6) is 0.961. The maximum absolute atomic E-state index is 11.7. The molecule has 0 spiro atoms. The molecule has 1 amide bonds. The Kier molecular flexibility index (Phi) is 4.19. The van der Waals surface area contributed by atoms with E-state index in [0.29, 0.717) is 5.75 Å². The van der Waals surface area contributed by atoms with Crippen LogP contribution in [-0.2, 0) is 14.3 Å². The number of nitrogens with zero attached hydrogens (tertiary/aromatic N) is 2. The highest BCUT2D eigenvalue weighted by molar-refractivity contribution is 7.99. The highest BCUT2D eigenvalue weighted by Crippen LogP contribution is 2.31. The highest BCUT2D eigenvalue weighted by atomic mass is 32.2. The van der Waals surface area contributed by atoms with Gasteiger partial charge >= 0.3 is 5.97 Å². The van der Waals surface area contributed by atoms with E-state index in [1.165, 1.54) is 12.0 Å². The number of hydrogen-bond acceptors (Lipinski definition) is 5. The first kappa shape index (κ1) is 12.9. The van der Waals surface area contributed by atoms with E-state index in [1.807, 2.05) is 12.1 Å². The molecule has 1 fully saturated rings. The van der Waals surface area contributed by atoms with Gasteiger partial charge in [0.15, 0.2) is 0 Å². The molecule has 0 unspecified atom stereocenters. The molecule has 0 bridgehead atoms. The molecule has 0 radical (unpaired) electrons. The van der Waals surface area contributed by atoms with E-state index in [2.05, 4.69) is 4.98 Å². The van der Waals surface area contributed by atoms with Crippen LogP contribution in [0.25, 0.3) is 0 Å². The van der Waals surface area contributed by atoms with E-state index in [9.17, 15) is 9.59 Å². The number of hydrogen-bond donors (Lipinski definition) is 0. The topological polar surface area (TPSA) is 59.5 Å². The molecule has 0 aromatic carbocycles. The number of methoxy groups -OCH3 is 1. The van der Waals surface area contributed by atoms with Crippen molar-refractivity contribution in [3.05, 3.63) is 30.1 Å². The third kappa shape index (κ3) is 2.48. The Balaban J connectivity index is 2.25. The minimum atomic E-state index is -0.517. The number of carbonyl (C=O) groups is 2. The third-order valence-electron chi connectivity index (χ3n) is 2.94. The minimum absolute atomic E-state index is 0.126. The zero-order valence-electron chi connectivity index (χ0n) is 9.98. The standard InChI is InChI=1S/C12H14N2O3S/c1-17-12(16)11-7-18-6-10(14(11)8-15)9-3-2-4-13-5-9/h2-5,8,10-11H,6-7H2,1H3/t10-,11+/m1/s1. The van der Waals surface area contributed by atoms with Gasteiger partial charge in [-0.2, -0.15) is 11.8 Å². The summed E-state index contributed by atoms with van der Waals surface area (Å²) in [5.41, 5.74) is 0.936. The number of thioether (sulfide) groups is 1. The van der Waals surface area contributed by atoms with E-state index >= 15 is 0 Å². The van der Waals surface area contributed by atoms with Crippen LogP contribution in [0.15, 0.2) is 24.5 Å². The van der Waals surface area contributed by atoms with Gasteiger partial charge in [0.2, 0.25) is 6.41 Å². The fraction of sp³-hybridized carbons (Fsp3) is 0.417. The van der Waals surface area contributed by atoms with Crippen molar-refractivity contribution in [2.24, 2.45) is 0 Å². The SMILES string of the molecule is COC(=O)[C@@H]1CSC[C@H](c2cccnc2)N1C=O. The second kappa shape index (κ2) is 5.86. The molecular formula is C12H14N2O3S. The molecule has 1 aliphatic heterocycles. The molecule has 6 heteroatoms. The number of aromatic nitrogens is 1. The van der Waals surface area contributed by atoms with Gasteiger partial charge < -0.3 is 9.64 Å². The van der Waals surface area contributed by atoms with Crippen LogP contribution in [0.1, 0.15) is 11.6 Å². The van der Waals surface area contributed by atoms with E-state index < -0.39 is 6.04 Å². The summed E-state index contributed by atoms with van der Waals surface area (Å²) in [5, 5.41) is 0. The molecule has 0 N–H and O–H groups in total. The summed E-state index contributed by atoms with van der Waals surface area (Å²) in [6.45, 7) is 0. The van der Waals surface area contributed by atoms with E-state index in [1.54, 1.807) is 24.2 Å². The molecule has 0 saturated carbocycles. The van der Waals surface area contributed by atoms with Gasteiger partial charge in [0.05, 0.1) is 13.2 Å². The lowest BCUT2D eigenvalue weighted by atomic mass is 10.1. The summed E-state index contributed by atoms with van der Waals surface area (Å²) in [7, 11) is 1.34. The molecule has 1 aliphatic rings. The van der Waals surface area contributed by atoms with Crippen molar-refractivity contribution in [2.45, 2.75) is 12.1 Å². The van der Waals surface area contributed by atoms with Gasteiger partial charge in [-0.3, -0.25) is 9.78 Å². The van der Waals surface area contributed by atoms with Gasteiger partial charge in [0, 0.05) is 23.9 Å². The van der Waals surface area contributed by atoms with Crippen LogP contribution in [-0.4, -0.2) is 46.9 Å². The summed E-state index contributed by atoms with van der Waals surface area (Å²) < 4.78 is 4.74. The molecule has 2 heterocycles. The second-order valence-corrected chi connectivity index (χ2v) is 5.01. The van der Waals surface area contributed by atoms with Crippen LogP contribution in [0.5, 0.6) is 0 Å². The van der Waals surface area contributed by atoms with Crippen molar-refractivity contribution < 1.29 is 14.3 Å². The van der Waals surface area contributed by atoms with Gasteiger partial charge in [-0.1, -0.05) is 6.07 Å². The van der Waals surface area contributed by atoms with Gasteiger partial charge in [-0.25, -0.2) is 4.79 Å². The summed E-state index contributed by atoms with van der Waals surface area (Å²) in [6, 6.07) is 3.09. The Bertz CT molecular complexity index is 427. The summed E-state index contributed by atoms with van der Waals surface area (Å²) in [4.78, 5) is 28.5. The molecule has 2 atom stereocenters. The van der Waals surface area contributed by atoms with E-state index in [-0.39, 0.29) is 12.0 Å². The van der Waals surface area contributed by atoms with Crippen LogP contribution in [0.4, 0.5) is 0 Å². The van der Waals surface area contributed by atoms with Crippen molar-refractivity contribution in [1.29, 1.82) is 0 Å². The first-order valence-corrected chi connectivity index (χ1v) is 6.71. The summed E-state index contributed by atoms with van der Waals surface area (Å²) in [6.07, 6.45) is 4.13. The van der Waals surface area contributed by atoms with Crippen LogP contribution in [0, 0.1) is 0 Å². The normalized spacial score (nSPS) is 23.5. The molecule has 5 nitrogen and oxygen atoms in total. The summed E-state index contributed by atoms with van der Waals surface area (Å²) >= 11 is 1.64. The van der Waals surface area contributed by atoms with Crippen molar-refractivity contribution in [3.63, 3.8) is 0 Å². The number of amides is 1. The molecule has 18 heavy (non-hydrogen) atoms. The Morgan fingerprint density at radius 2 is 2.44 bits per heavy atom. The molecule has 96 valence electrons. The first-order valence-electron chi connectivity index (χ1n) is 5.56. The lowest BCUT2D eigenvalue weighted by molar-refractivity contribution is -0.150. The van der Waals surface area contributed by atoms with Crippen molar-refractivity contribution in [1.82, 2.24) is 9.88 Å².